The molecule has 0 radical (unpaired) electrons. The summed E-state index contributed by atoms with van der Waals surface area (Å²) in [5, 5.41) is 6.39. The first kappa shape index (κ1) is 13.7. The van der Waals surface area contributed by atoms with Crippen LogP contribution >= 0.6 is 12.4 Å². The predicted octanol–water partition coefficient (Wildman–Crippen LogP) is 0.560. The summed E-state index contributed by atoms with van der Waals surface area (Å²) in [6.45, 7) is 4.34. The summed E-state index contributed by atoms with van der Waals surface area (Å²) < 4.78 is 5.20. The molecule has 2 atom stereocenters. The van der Waals surface area contributed by atoms with Gasteiger partial charge in [-0.1, -0.05) is 0 Å². The van der Waals surface area contributed by atoms with Crippen LogP contribution in [0, 0.1) is 11.8 Å². The van der Waals surface area contributed by atoms with Crippen molar-refractivity contribution in [3.8, 4) is 0 Å². The van der Waals surface area contributed by atoms with E-state index in [1.165, 1.54) is 12.8 Å². The normalized spacial score (nSPS) is 29.5. The number of carbonyl (C=O) groups is 1. The molecular formula is C11H21ClN2O2. The molecule has 0 aromatic heterocycles. The Bertz CT molecular complexity index is 214. The van der Waals surface area contributed by atoms with E-state index >= 15 is 0 Å². The van der Waals surface area contributed by atoms with Crippen molar-refractivity contribution in [2.24, 2.45) is 11.8 Å². The molecule has 2 unspecified atom stereocenters. The van der Waals surface area contributed by atoms with Crippen LogP contribution in [-0.4, -0.2) is 38.8 Å². The van der Waals surface area contributed by atoms with Crippen LogP contribution in [-0.2, 0) is 9.53 Å². The third-order valence-electron chi connectivity index (χ3n) is 3.26. The Morgan fingerprint density at radius 2 is 2.31 bits per heavy atom. The maximum atomic E-state index is 11.7. The molecule has 0 saturated carbocycles. The van der Waals surface area contributed by atoms with E-state index in [2.05, 4.69) is 10.6 Å². The van der Waals surface area contributed by atoms with Gasteiger partial charge < -0.3 is 15.4 Å². The Morgan fingerprint density at radius 1 is 1.44 bits per heavy atom. The van der Waals surface area contributed by atoms with Gasteiger partial charge in [0.15, 0.2) is 0 Å². The van der Waals surface area contributed by atoms with Crippen molar-refractivity contribution >= 4 is 18.3 Å². The number of amides is 1. The molecule has 0 aromatic carbocycles. The summed E-state index contributed by atoms with van der Waals surface area (Å²) in [7, 11) is 0. The SMILES string of the molecule is Cl.O=C(NCC1CCCNC1)C1CCOC1. The van der Waals surface area contributed by atoms with Crippen LogP contribution < -0.4 is 10.6 Å². The van der Waals surface area contributed by atoms with Crippen molar-refractivity contribution < 1.29 is 9.53 Å². The quantitative estimate of drug-likeness (QED) is 0.768. The highest BCUT2D eigenvalue weighted by atomic mass is 35.5. The standard InChI is InChI=1S/C11H20N2O2.ClH/c14-11(10-3-5-15-8-10)13-7-9-2-1-4-12-6-9;/h9-10,12H,1-8H2,(H,13,14);1H. The molecule has 1 amide bonds. The maximum Gasteiger partial charge on any atom is 0.225 e. The summed E-state index contributed by atoms with van der Waals surface area (Å²) in [6.07, 6.45) is 3.34. The number of ether oxygens (including phenoxy) is 1. The molecule has 0 bridgehead atoms. The van der Waals surface area contributed by atoms with Gasteiger partial charge in [0.1, 0.15) is 0 Å². The Hall–Kier alpha value is -0.320. The lowest BCUT2D eigenvalue weighted by Gasteiger charge is -2.23. The molecule has 2 heterocycles. The van der Waals surface area contributed by atoms with Crippen molar-refractivity contribution in [1.82, 2.24) is 10.6 Å². The third kappa shape index (κ3) is 3.92. The molecule has 0 aromatic rings. The van der Waals surface area contributed by atoms with E-state index in [4.69, 9.17) is 4.74 Å². The molecule has 2 fully saturated rings. The maximum absolute atomic E-state index is 11.7. The Kier molecular flexibility index (Phi) is 6.09. The zero-order valence-electron chi connectivity index (χ0n) is 9.54. The van der Waals surface area contributed by atoms with Crippen molar-refractivity contribution in [1.29, 1.82) is 0 Å². The molecule has 4 nitrogen and oxygen atoms in total. The second-order valence-corrected chi connectivity index (χ2v) is 4.52. The Morgan fingerprint density at radius 3 is 2.94 bits per heavy atom. The minimum absolute atomic E-state index is 0. The van der Waals surface area contributed by atoms with Crippen LogP contribution in [0.15, 0.2) is 0 Å². The molecule has 2 aliphatic rings. The molecule has 16 heavy (non-hydrogen) atoms. The fraction of sp³-hybridized carbons (Fsp3) is 0.909. The highest BCUT2D eigenvalue weighted by Gasteiger charge is 2.24. The fourth-order valence-electron chi connectivity index (χ4n) is 2.23. The molecule has 94 valence electrons. The van der Waals surface area contributed by atoms with E-state index in [0.717, 1.165) is 32.7 Å². The molecule has 2 saturated heterocycles. The second-order valence-electron chi connectivity index (χ2n) is 4.52. The van der Waals surface area contributed by atoms with Gasteiger partial charge in [0.25, 0.3) is 0 Å². The second kappa shape index (κ2) is 7.09. The van der Waals surface area contributed by atoms with Gasteiger partial charge in [-0.05, 0) is 38.3 Å². The number of piperidine rings is 1. The first-order valence-electron chi connectivity index (χ1n) is 5.92. The summed E-state index contributed by atoms with van der Waals surface area (Å²) >= 11 is 0. The monoisotopic (exact) mass is 248 g/mol. The third-order valence-corrected chi connectivity index (χ3v) is 3.26. The number of nitrogens with one attached hydrogen (secondary N) is 2. The minimum atomic E-state index is 0. The van der Waals surface area contributed by atoms with Gasteiger partial charge in [0.05, 0.1) is 12.5 Å². The molecule has 0 spiro atoms. The molecule has 2 N–H and O–H groups in total. The van der Waals surface area contributed by atoms with Gasteiger partial charge in [-0.25, -0.2) is 0 Å². The average Bonchev–Trinajstić information content (AvgIpc) is 2.81. The van der Waals surface area contributed by atoms with Crippen molar-refractivity contribution in [3.63, 3.8) is 0 Å². The van der Waals surface area contributed by atoms with Gasteiger partial charge in [-0.2, -0.15) is 0 Å². The van der Waals surface area contributed by atoms with Crippen LogP contribution in [0.3, 0.4) is 0 Å². The number of carbonyl (C=O) groups excluding carboxylic acids is 1. The minimum Gasteiger partial charge on any atom is -0.381 e. The summed E-state index contributed by atoms with van der Waals surface area (Å²) in [6, 6.07) is 0. The number of rotatable bonds is 3. The van der Waals surface area contributed by atoms with E-state index in [0.29, 0.717) is 12.5 Å². The lowest BCUT2D eigenvalue weighted by Crippen LogP contribution is -2.40. The van der Waals surface area contributed by atoms with E-state index < -0.39 is 0 Å². The number of halogens is 1. The highest BCUT2D eigenvalue weighted by Crippen LogP contribution is 2.13. The van der Waals surface area contributed by atoms with Crippen LogP contribution in [0.4, 0.5) is 0 Å². The van der Waals surface area contributed by atoms with Crippen LogP contribution in [0.1, 0.15) is 19.3 Å². The summed E-state index contributed by atoms with van der Waals surface area (Å²) in [4.78, 5) is 11.7. The zero-order chi connectivity index (χ0) is 10.5. The van der Waals surface area contributed by atoms with Crippen molar-refractivity contribution in [2.45, 2.75) is 19.3 Å². The van der Waals surface area contributed by atoms with Gasteiger partial charge in [0, 0.05) is 13.2 Å². The van der Waals surface area contributed by atoms with Crippen LogP contribution in [0.2, 0.25) is 0 Å². The summed E-state index contributed by atoms with van der Waals surface area (Å²) in [5.74, 6) is 0.893. The number of hydrogen-bond donors (Lipinski definition) is 2. The van der Waals surface area contributed by atoms with Crippen molar-refractivity contribution in [2.75, 3.05) is 32.8 Å². The lowest BCUT2D eigenvalue weighted by molar-refractivity contribution is -0.125. The largest absolute Gasteiger partial charge is 0.381 e. The first-order valence-corrected chi connectivity index (χ1v) is 5.92. The van der Waals surface area contributed by atoms with E-state index in [9.17, 15) is 4.79 Å². The van der Waals surface area contributed by atoms with E-state index in [1.54, 1.807) is 0 Å². The molecular weight excluding hydrogens is 228 g/mol. The van der Waals surface area contributed by atoms with Crippen LogP contribution in [0.5, 0.6) is 0 Å². The van der Waals surface area contributed by atoms with Crippen molar-refractivity contribution in [3.05, 3.63) is 0 Å². The molecule has 0 aliphatic carbocycles. The lowest BCUT2D eigenvalue weighted by atomic mass is 9.99. The molecule has 2 aliphatic heterocycles. The number of hydrogen-bond acceptors (Lipinski definition) is 3. The van der Waals surface area contributed by atoms with E-state index in [1.807, 2.05) is 0 Å². The Balaban J connectivity index is 0.00000128. The van der Waals surface area contributed by atoms with Gasteiger partial charge >= 0.3 is 0 Å². The highest BCUT2D eigenvalue weighted by molar-refractivity contribution is 5.85. The molecule has 5 heteroatoms. The van der Waals surface area contributed by atoms with Gasteiger partial charge in [-0.15, -0.1) is 12.4 Å². The van der Waals surface area contributed by atoms with E-state index in [-0.39, 0.29) is 24.2 Å². The first-order chi connectivity index (χ1) is 7.36. The topological polar surface area (TPSA) is 50.4 Å². The summed E-state index contributed by atoms with van der Waals surface area (Å²) in [5.41, 5.74) is 0. The molecule has 2 rings (SSSR count). The predicted molar refractivity (Wildman–Crippen MR) is 64.8 cm³/mol. The van der Waals surface area contributed by atoms with Gasteiger partial charge in [-0.3, -0.25) is 4.79 Å². The smallest absolute Gasteiger partial charge is 0.225 e. The zero-order valence-corrected chi connectivity index (χ0v) is 10.4. The average molecular weight is 249 g/mol. The van der Waals surface area contributed by atoms with Crippen LogP contribution in [0.25, 0.3) is 0 Å². The fourth-order valence-corrected chi connectivity index (χ4v) is 2.23. The Labute approximate surface area is 103 Å². The van der Waals surface area contributed by atoms with Gasteiger partial charge in [0.2, 0.25) is 5.91 Å².